The van der Waals surface area contributed by atoms with Gasteiger partial charge < -0.3 is 15.2 Å². The second kappa shape index (κ2) is 5.92. The zero-order chi connectivity index (χ0) is 13.8. The van der Waals surface area contributed by atoms with E-state index in [-0.39, 0.29) is 5.69 Å². The highest BCUT2D eigenvalue weighted by molar-refractivity contribution is 14.1. The van der Waals surface area contributed by atoms with Crippen LogP contribution < -0.4 is 10.5 Å². The predicted octanol–water partition coefficient (Wildman–Crippen LogP) is 3.45. The number of nitrogens with two attached hydrogens (primary N) is 1. The maximum Gasteiger partial charge on any atom is 0.340 e. The van der Waals surface area contributed by atoms with E-state index in [4.69, 9.17) is 10.5 Å². The molecular formula is C14H12INO3. The zero-order valence-corrected chi connectivity index (χ0v) is 12.4. The first-order valence-electron chi connectivity index (χ1n) is 5.52. The van der Waals surface area contributed by atoms with Crippen molar-refractivity contribution in [2.45, 2.75) is 0 Å². The lowest BCUT2D eigenvalue weighted by Crippen LogP contribution is -2.06. The van der Waals surface area contributed by atoms with Gasteiger partial charge in [-0.05, 0) is 52.9 Å². The van der Waals surface area contributed by atoms with E-state index in [1.807, 2.05) is 24.3 Å². The number of halogens is 1. The molecule has 0 radical (unpaired) electrons. The first kappa shape index (κ1) is 13.7. The first-order chi connectivity index (χ1) is 9.11. The largest absolute Gasteiger partial charge is 0.465 e. The van der Waals surface area contributed by atoms with Gasteiger partial charge in [0.25, 0.3) is 0 Å². The maximum atomic E-state index is 11.5. The molecule has 0 atom stereocenters. The van der Waals surface area contributed by atoms with Gasteiger partial charge >= 0.3 is 5.97 Å². The highest BCUT2D eigenvalue weighted by Crippen LogP contribution is 2.30. The molecule has 0 heterocycles. The molecule has 2 aromatic carbocycles. The van der Waals surface area contributed by atoms with Crippen molar-refractivity contribution in [3.63, 3.8) is 0 Å². The monoisotopic (exact) mass is 369 g/mol. The Labute approximate surface area is 124 Å². The molecular weight excluding hydrogens is 357 g/mol. The molecule has 19 heavy (non-hydrogen) atoms. The van der Waals surface area contributed by atoms with E-state index >= 15 is 0 Å². The van der Waals surface area contributed by atoms with Crippen molar-refractivity contribution >= 4 is 34.2 Å². The van der Waals surface area contributed by atoms with Crippen LogP contribution in [0.4, 0.5) is 5.69 Å². The average molecular weight is 369 g/mol. The molecule has 0 unspecified atom stereocenters. The summed E-state index contributed by atoms with van der Waals surface area (Å²) >= 11 is 2.19. The molecule has 0 spiro atoms. The molecule has 0 aliphatic rings. The van der Waals surface area contributed by atoms with E-state index in [1.54, 1.807) is 18.2 Å². The normalized spacial score (nSPS) is 10.0. The third-order valence-electron chi connectivity index (χ3n) is 2.50. The number of nitrogen functional groups attached to an aromatic ring is 1. The van der Waals surface area contributed by atoms with Crippen LogP contribution in [-0.4, -0.2) is 13.1 Å². The van der Waals surface area contributed by atoms with Crippen LogP contribution in [0.3, 0.4) is 0 Å². The average Bonchev–Trinajstić information content (AvgIpc) is 2.40. The molecule has 0 fully saturated rings. The van der Waals surface area contributed by atoms with E-state index in [1.165, 1.54) is 7.11 Å². The summed E-state index contributed by atoms with van der Waals surface area (Å²) in [7, 11) is 1.31. The molecule has 4 nitrogen and oxygen atoms in total. The number of ether oxygens (including phenoxy) is 2. The SMILES string of the molecule is COC(=O)c1cccc(Oc2cccc(I)c2)c1N. The van der Waals surface area contributed by atoms with Gasteiger partial charge in [0.05, 0.1) is 18.4 Å². The van der Waals surface area contributed by atoms with Crippen molar-refractivity contribution in [3.8, 4) is 11.5 Å². The Kier molecular flexibility index (Phi) is 4.26. The number of hydrogen-bond acceptors (Lipinski definition) is 4. The van der Waals surface area contributed by atoms with Gasteiger partial charge in [-0.25, -0.2) is 4.79 Å². The summed E-state index contributed by atoms with van der Waals surface area (Å²) in [5.41, 5.74) is 6.49. The van der Waals surface area contributed by atoms with Crippen LogP contribution >= 0.6 is 22.6 Å². The van der Waals surface area contributed by atoms with Gasteiger partial charge in [-0.3, -0.25) is 0 Å². The van der Waals surface area contributed by atoms with E-state index in [9.17, 15) is 4.79 Å². The summed E-state index contributed by atoms with van der Waals surface area (Å²) in [6.07, 6.45) is 0. The highest BCUT2D eigenvalue weighted by atomic mass is 127. The first-order valence-corrected chi connectivity index (χ1v) is 6.60. The van der Waals surface area contributed by atoms with Gasteiger partial charge in [0.2, 0.25) is 0 Å². The Morgan fingerprint density at radius 2 is 1.95 bits per heavy atom. The highest BCUT2D eigenvalue weighted by Gasteiger charge is 2.14. The van der Waals surface area contributed by atoms with Crippen molar-refractivity contribution in [3.05, 3.63) is 51.6 Å². The number of rotatable bonds is 3. The van der Waals surface area contributed by atoms with Crippen molar-refractivity contribution in [1.82, 2.24) is 0 Å². The summed E-state index contributed by atoms with van der Waals surface area (Å²) in [6.45, 7) is 0. The molecule has 5 heteroatoms. The Hall–Kier alpha value is -1.76. The van der Waals surface area contributed by atoms with Crippen LogP contribution in [0.2, 0.25) is 0 Å². The lowest BCUT2D eigenvalue weighted by molar-refractivity contribution is 0.0601. The number of esters is 1. The lowest BCUT2D eigenvalue weighted by Gasteiger charge is -2.11. The Balaban J connectivity index is 2.33. The predicted molar refractivity (Wildman–Crippen MR) is 81.4 cm³/mol. The van der Waals surface area contributed by atoms with Gasteiger partial charge in [0, 0.05) is 3.57 Å². The lowest BCUT2D eigenvalue weighted by atomic mass is 10.1. The molecule has 0 saturated carbocycles. The van der Waals surface area contributed by atoms with Gasteiger partial charge in [-0.2, -0.15) is 0 Å². The minimum Gasteiger partial charge on any atom is -0.465 e. The molecule has 0 amide bonds. The molecule has 0 aliphatic heterocycles. The molecule has 98 valence electrons. The minimum atomic E-state index is -0.481. The third kappa shape index (κ3) is 3.17. The number of hydrogen-bond donors (Lipinski definition) is 1. The maximum absolute atomic E-state index is 11.5. The van der Waals surface area contributed by atoms with Crippen LogP contribution in [-0.2, 0) is 4.74 Å². The molecule has 0 aromatic heterocycles. The number of para-hydroxylation sites is 1. The van der Waals surface area contributed by atoms with E-state index < -0.39 is 5.97 Å². The molecule has 2 rings (SSSR count). The van der Waals surface area contributed by atoms with E-state index in [2.05, 4.69) is 27.3 Å². The van der Waals surface area contributed by atoms with Crippen molar-refractivity contribution in [2.24, 2.45) is 0 Å². The van der Waals surface area contributed by atoms with Gasteiger partial charge in [-0.15, -0.1) is 0 Å². The van der Waals surface area contributed by atoms with E-state index in [0.717, 1.165) is 3.57 Å². The van der Waals surface area contributed by atoms with Gasteiger partial charge in [0.1, 0.15) is 5.75 Å². The van der Waals surface area contributed by atoms with Crippen molar-refractivity contribution in [2.75, 3.05) is 12.8 Å². The van der Waals surface area contributed by atoms with Crippen molar-refractivity contribution in [1.29, 1.82) is 0 Å². The fraction of sp³-hybridized carbons (Fsp3) is 0.0714. The molecule has 0 saturated heterocycles. The summed E-state index contributed by atoms with van der Waals surface area (Å²) in [4.78, 5) is 11.5. The number of methoxy groups -OCH3 is 1. The Morgan fingerprint density at radius 3 is 2.63 bits per heavy atom. The summed E-state index contributed by atoms with van der Waals surface area (Å²) in [6, 6.07) is 12.6. The molecule has 2 aromatic rings. The van der Waals surface area contributed by atoms with Gasteiger partial charge in [0.15, 0.2) is 5.75 Å². The number of carbonyl (C=O) groups is 1. The number of benzene rings is 2. The second-order valence-corrected chi connectivity index (χ2v) is 5.01. The third-order valence-corrected chi connectivity index (χ3v) is 3.17. The van der Waals surface area contributed by atoms with Gasteiger partial charge in [-0.1, -0.05) is 12.1 Å². The number of anilines is 1. The Bertz CT molecular complexity index is 613. The number of carbonyl (C=O) groups excluding carboxylic acids is 1. The van der Waals surface area contributed by atoms with Crippen LogP contribution in [0, 0.1) is 3.57 Å². The summed E-state index contributed by atoms with van der Waals surface area (Å²) in [5.74, 6) is 0.621. The fourth-order valence-electron chi connectivity index (χ4n) is 1.58. The smallest absolute Gasteiger partial charge is 0.340 e. The quantitative estimate of drug-likeness (QED) is 0.512. The van der Waals surface area contributed by atoms with Crippen molar-refractivity contribution < 1.29 is 14.3 Å². The summed E-state index contributed by atoms with van der Waals surface area (Å²) in [5, 5.41) is 0. The fourth-order valence-corrected chi connectivity index (χ4v) is 2.09. The van der Waals surface area contributed by atoms with Crippen LogP contribution in [0.25, 0.3) is 0 Å². The Morgan fingerprint density at radius 1 is 1.21 bits per heavy atom. The molecule has 2 N–H and O–H groups in total. The van der Waals surface area contributed by atoms with Crippen LogP contribution in [0.1, 0.15) is 10.4 Å². The van der Waals surface area contributed by atoms with Crippen LogP contribution in [0.5, 0.6) is 11.5 Å². The topological polar surface area (TPSA) is 61.5 Å². The minimum absolute atomic E-state index is 0.271. The standard InChI is InChI=1S/C14H12INO3/c1-18-14(17)11-6-3-7-12(13(11)16)19-10-5-2-4-9(15)8-10/h2-8H,16H2,1H3. The molecule has 0 bridgehead atoms. The molecule has 0 aliphatic carbocycles. The van der Waals surface area contributed by atoms with E-state index in [0.29, 0.717) is 17.1 Å². The zero-order valence-electron chi connectivity index (χ0n) is 10.2. The van der Waals surface area contributed by atoms with Crippen LogP contribution in [0.15, 0.2) is 42.5 Å². The second-order valence-electron chi connectivity index (χ2n) is 3.77. The summed E-state index contributed by atoms with van der Waals surface area (Å²) < 4.78 is 11.4.